The van der Waals surface area contributed by atoms with Crippen LogP contribution in [0.5, 0.6) is 0 Å². The van der Waals surface area contributed by atoms with Crippen molar-refractivity contribution in [3.8, 4) is 11.1 Å². The molecule has 214 valence electrons. The van der Waals surface area contributed by atoms with E-state index < -0.39 is 5.60 Å². The van der Waals surface area contributed by atoms with Gasteiger partial charge < -0.3 is 14.6 Å². The van der Waals surface area contributed by atoms with Gasteiger partial charge >= 0.3 is 5.97 Å². The molecule has 0 radical (unpaired) electrons. The minimum Gasteiger partial charge on any atom is -0.456 e. The molecule has 1 heterocycles. The van der Waals surface area contributed by atoms with E-state index in [-0.39, 0.29) is 17.9 Å². The molecule has 0 saturated carbocycles. The summed E-state index contributed by atoms with van der Waals surface area (Å²) in [6.45, 7) is 10.4. The van der Waals surface area contributed by atoms with Gasteiger partial charge in [-0.1, -0.05) is 70.5 Å². The number of hydrogen-bond donors (Lipinski definition) is 1. The molecule has 4 aromatic carbocycles. The number of carbonyl (C=O) groups excluding carboxylic acids is 2. The summed E-state index contributed by atoms with van der Waals surface area (Å²) < 4.78 is 8.89. The van der Waals surface area contributed by atoms with Gasteiger partial charge in [0.2, 0.25) is 0 Å². The number of benzene rings is 4. The second-order valence-electron chi connectivity index (χ2n) is 11.6. The van der Waals surface area contributed by atoms with Crippen molar-refractivity contribution in [2.24, 2.45) is 0 Å². The summed E-state index contributed by atoms with van der Waals surface area (Å²) in [4.78, 5) is 25.9. The molecule has 1 N–H and O–H groups in total. The van der Waals surface area contributed by atoms with E-state index >= 15 is 0 Å². The number of aryl methyl sites for hydroxylation is 1. The van der Waals surface area contributed by atoms with E-state index in [1.54, 1.807) is 0 Å². The summed E-state index contributed by atoms with van der Waals surface area (Å²) in [5, 5.41) is 4.14. The van der Waals surface area contributed by atoms with Gasteiger partial charge in [-0.2, -0.15) is 0 Å². The Morgan fingerprint density at radius 1 is 0.905 bits per heavy atom. The molecule has 0 bridgehead atoms. The maximum Gasteiger partial charge on any atom is 0.339 e. The number of carbonyl (C=O) groups is 2. The zero-order chi connectivity index (χ0) is 30.0. The molecule has 5 aromatic rings. The van der Waals surface area contributed by atoms with Crippen LogP contribution < -0.4 is 5.32 Å². The number of esters is 1. The number of nitrogens with zero attached hydrogens (tertiary/aromatic N) is 1. The summed E-state index contributed by atoms with van der Waals surface area (Å²) in [7, 11) is 0. The number of ether oxygens (including phenoxy) is 1. The van der Waals surface area contributed by atoms with Crippen molar-refractivity contribution < 1.29 is 14.3 Å². The quantitative estimate of drug-likeness (QED) is 0.184. The Hall–Kier alpha value is -4.16. The molecule has 0 fully saturated rings. The first-order valence-electron chi connectivity index (χ1n) is 14.1. The van der Waals surface area contributed by atoms with Crippen molar-refractivity contribution in [3.63, 3.8) is 0 Å². The van der Waals surface area contributed by atoms with Crippen molar-refractivity contribution in [1.82, 2.24) is 9.88 Å². The minimum atomic E-state index is -0.561. The Morgan fingerprint density at radius 3 is 2.29 bits per heavy atom. The highest BCUT2D eigenvalue weighted by atomic mass is 79.9. The molecule has 0 aliphatic rings. The zero-order valence-corrected chi connectivity index (χ0v) is 26.2. The van der Waals surface area contributed by atoms with Crippen LogP contribution in [0.1, 0.15) is 71.3 Å². The highest BCUT2D eigenvalue weighted by Crippen LogP contribution is 2.28. The average Bonchev–Trinajstić information content (AvgIpc) is 3.26. The van der Waals surface area contributed by atoms with Gasteiger partial charge in [0.15, 0.2) is 0 Å². The predicted octanol–water partition coefficient (Wildman–Crippen LogP) is 8.87. The molecular weight excluding hydrogens is 588 g/mol. The average molecular weight is 624 g/mol. The number of halogens is 1. The fourth-order valence-electron chi connectivity index (χ4n) is 5.09. The Labute approximate surface area is 255 Å². The van der Waals surface area contributed by atoms with Crippen LogP contribution in [0.2, 0.25) is 0 Å². The molecule has 5 rings (SSSR count). The van der Waals surface area contributed by atoms with Crippen LogP contribution in [0, 0.1) is 6.92 Å². The summed E-state index contributed by atoms with van der Waals surface area (Å²) >= 11 is 3.46. The first kappa shape index (κ1) is 29.3. The monoisotopic (exact) mass is 622 g/mol. The molecule has 0 unspecified atom stereocenters. The molecule has 0 aliphatic carbocycles. The fraction of sp³-hybridized carbons (Fsp3) is 0.222. The summed E-state index contributed by atoms with van der Waals surface area (Å²) in [5.41, 5.74) is 6.82. The first-order chi connectivity index (χ1) is 20.0. The van der Waals surface area contributed by atoms with Crippen LogP contribution in [0.3, 0.4) is 0 Å². The van der Waals surface area contributed by atoms with Crippen LogP contribution in [0.15, 0.2) is 102 Å². The molecular formula is C36H35BrN2O3. The SMILES string of the molecule is Cc1cc2cc(C(=O)N[C@@H](C)c3ccc(Br)cc3)ccc2n1Cc1ccc(-c2ccccc2C(=O)OC(C)(C)C)cc1. The molecule has 6 heteroatoms. The van der Waals surface area contributed by atoms with Crippen LogP contribution in [-0.2, 0) is 11.3 Å². The maximum atomic E-state index is 13.0. The van der Waals surface area contributed by atoms with Gasteiger partial charge in [-0.15, -0.1) is 0 Å². The summed E-state index contributed by atoms with van der Waals surface area (Å²) in [5.74, 6) is -0.424. The number of rotatable bonds is 7. The van der Waals surface area contributed by atoms with E-state index in [1.807, 2.05) is 94.4 Å². The number of fused-ring (bicyclic) bond motifs is 1. The van der Waals surface area contributed by atoms with E-state index in [0.29, 0.717) is 17.7 Å². The van der Waals surface area contributed by atoms with Gasteiger partial charge in [-0.3, -0.25) is 4.79 Å². The van der Waals surface area contributed by atoms with Crippen molar-refractivity contribution in [1.29, 1.82) is 0 Å². The fourth-order valence-corrected chi connectivity index (χ4v) is 5.36. The van der Waals surface area contributed by atoms with Gasteiger partial charge in [0, 0.05) is 33.2 Å². The highest BCUT2D eigenvalue weighted by molar-refractivity contribution is 9.10. The largest absolute Gasteiger partial charge is 0.456 e. The molecule has 1 aromatic heterocycles. The Morgan fingerprint density at radius 2 is 1.60 bits per heavy atom. The predicted molar refractivity (Wildman–Crippen MR) is 173 cm³/mol. The van der Waals surface area contributed by atoms with E-state index in [9.17, 15) is 9.59 Å². The third kappa shape index (κ3) is 6.66. The van der Waals surface area contributed by atoms with Crippen LogP contribution >= 0.6 is 15.9 Å². The molecule has 5 nitrogen and oxygen atoms in total. The smallest absolute Gasteiger partial charge is 0.339 e. The number of hydrogen-bond acceptors (Lipinski definition) is 3. The number of nitrogens with one attached hydrogen (secondary N) is 1. The topological polar surface area (TPSA) is 60.3 Å². The lowest BCUT2D eigenvalue weighted by molar-refractivity contribution is 0.00703. The minimum absolute atomic E-state index is 0.0972. The van der Waals surface area contributed by atoms with Crippen LogP contribution in [-0.4, -0.2) is 22.0 Å². The van der Waals surface area contributed by atoms with E-state index in [1.165, 1.54) is 0 Å². The summed E-state index contributed by atoms with van der Waals surface area (Å²) in [6, 6.07) is 31.7. The molecule has 1 amide bonds. The molecule has 0 saturated heterocycles. The highest BCUT2D eigenvalue weighted by Gasteiger charge is 2.21. The normalized spacial score (nSPS) is 12.2. The van der Waals surface area contributed by atoms with Crippen molar-refractivity contribution >= 4 is 38.7 Å². The molecule has 0 aliphatic heterocycles. The maximum absolute atomic E-state index is 13.0. The van der Waals surface area contributed by atoms with E-state index in [4.69, 9.17) is 4.74 Å². The number of aromatic nitrogens is 1. The first-order valence-corrected chi connectivity index (χ1v) is 14.9. The van der Waals surface area contributed by atoms with Gasteiger partial charge in [-0.05, 0) is 99.3 Å². The second kappa shape index (κ2) is 12.0. The third-order valence-electron chi connectivity index (χ3n) is 7.24. The van der Waals surface area contributed by atoms with Crippen LogP contribution in [0.4, 0.5) is 0 Å². The second-order valence-corrected chi connectivity index (χ2v) is 12.6. The Balaban J connectivity index is 1.33. The lowest BCUT2D eigenvalue weighted by Crippen LogP contribution is -2.26. The van der Waals surface area contributed by atoms with Crippen molar-refractivity contribution in [3.05, 3.63) is 129 Å². The standard InChI is InChI=1S/C36H35BrN2O3/c1-23-20-29-21-28(34(40)38-24(2)26-14-17-30(37)18-15-26)16-19-33(29)39(23)22-25-10-12-27(13-11-25)31-8-6-7-9-32(31)35(41)42-36(3,4)5/h6-21,24H,22H2,1-5H3,(H,38,40)/t24-/m0/s1. The van der Waals surface area contributed by atoms with Gasteiger partial charge in [-0.25, -0.2) is 4.79 Å². The van der Waals surface area contributed by atoms with Gasteiger partial charge in [0.05, 0.1) is 11.6 Å². The third-order valence-corrected chi connectivity index (χ3v) is 7.77. The van der Waals surface area contributed by atoms with Crippen LogP contribution in [0.25, 0.3) is 22.0 Å². The van der Waals surface area contributed by atoms with E-state index in [2.05, 4.69) is 63.1 Å². The van der Waals surface area contributed by atoms with Crippen molar-refractivity contribution in [2.75, 3.05) is 0 Å². The molecule has 42 heavy (non-hydrogen) atoms. The summed E-state index contributed by atoms with van der Waals surface area (Å²) in [6.07, 6.45) is 0. The Bertz CT molecular complexity index is 1750. The lowest BCUT2D eigenvalue weighted by atomic mass is 9.98. The Kier molecular flexibility index (Phi) is 8.37. The van der Waals surface area contributed by atoms with Gasteiger partial charge in [0.1, 0.15) is 5.60 Å². The molecule has 1 atom stereocenters. The lowest BCUT2D eigenvalue weighted by Gasteiger charge is -2.20. The van der Waals surface area contributed by atoms with Crippen molar-refractivity contribution in [2.45, 2.75) is 52.8 Å². The zero-order valence-electron chi connectivity index (χ0n) is 24.6. The van der Waals surface area contributed by atoms with Gasteiger partial charge in [0.25, 0.3) is 5.91 Å². The number of amides is 1. The molecule has 0 spiro atoms. The van der Waals surface area contributed by atoms with E-state index in [0.717, 1.165) is 43.3 Å².